The van der Waals surface area contributed by atoms with Crippen molar-refractivity contribution in [1.82, 2.24) is 0 Å². The summed E-state index contributed by atoms with van der Waals surface area (Å²) in [4.78, 5) is 11.6. The van der Waals surface area contributed by atoms with E-state index in [0.717, 1.165) is 12.0 Å². The average molecular weight is 190 g/mol. The van der Waals surface area contributed by atoms with Gasteiger partial charge in [-0.1, -0.05) is 24.3 Å². The molecule has 0 aromatic heterocycles. The molecular formula is C11H10O3. The van der Waals surface area contributed by atoms with Crippen molar-refractivity contribution >= 4 is 5.97 Å². The van der Waals surface area contributed by atoms with Crippen molar-refractivity contribution in [2.24, 2.45) is 0 Å². The number of ether oxygens (including phenoxy) is 2. The Morgan fingerprint density at radius 3 is 3.14 bits per heavy atom. The summed E-state index contributed by atoms with van der Waals surface area (Å²) in [7, 11) is 1.40. The maximum Gasteiger partial charge on any atom is 0.345 e. The lowest BCUT2D eigenvalue weighted by molar-refractivity contribution is -0.147. The van der Waals surface area contributed by atoms with Crippen LogP contribution in [0.2, 0.25) is 0 Å². The van der Waals surface area contributed by atoms with Gasteiger partial charge in [-0.2, -0.15) is 0 Å². The number of fused-ring (bicyclic) bond motifs is 3. The van der Waals surface area contributed by atoms with Crippen molar-refractivity contribution in [3.05, 3.63) is 35.4 Å². The molecule has 0 unspecified atom stereocenters. The number of rotatable bonds is 1. The molecule has 3 heteroatoms. The molecule has 1 aliphatic carbocycles. The Kier molecular flexibility index (Phi) is 1.35. The minimum absolute atomic E-state index is 0.00681. The summed E-state index contributed by atoms with van der Waals surface area (Å²) in [6.45, 7) is 0. The Balaban J connectivity index is 2.11. The highest BCUT2D eigenvalue weighted by Crippen LogP contribution is 2.55. The summed E-state index contributed by atoms with van der Waals surface area (Å²) < 4.78 is 10.2. The van der Waals surface area contributed by atoms with Crippen LogP contribution in [0.5, 0.6) is 0 Å². The van der Waals surface area contributed by atoms with E-state index < -0.39 is 5.60 Å². The average Bonchev–Trinajstić information content (AvgIpc) is 2.86. The van der Waals surface area contributed by atoms with Gasteiger partial charge in [0.2, 0.25) is 5.60 Å². The van der Waals surface area contributed by atoms with E-state index in [4.69, 9.17) is 9.47 Å². The van der Waals surface area contributed by atoms with Crippen LogP contribution in [0.25, 0.3) is 0 Å². The third-order valence-corrected chi connectivity index (χ3v) is 3.04. The van der Waals surface area contributed by atoms with Crippen LogP contribution >= 0.6 is 0 Å². The molecule has 1 heterocycles. The lowest BCUT2D eigenvalue weighted by atomic mass is 10.0. The van der Waals surface area contributed by atoms with E-state index in [2.05, 4.69) is 0 Å². The molecule has 0 radical (unpaired) electrons. The summed E-state index contributed by atoms with van der Waals surface area (Å²) in [6, 6.07) is 7.89. The maximum absolute atomic E-state index is 11.6. The van der Waals surface area contributed by atoms with Crippen molar-refractivity contribution in [3.8, 4) is 0 Å². The minimum Gasteiger partial charge on any atom is -0.467 e. The summed E-state index contributed by atoms with van der Waals surface area (Å²) in [5.41, 5.74) is 1.43. The Morgan fingerprint density at radius 2 is 2.36 bits per heavy atom. The standard InChI is InChI=1S/C11H10O3/c1-13-10(12)11-8-5-3-2-4-7(8)6-9(11)14-11/h2-5,9H,6H2,1H3/t9-,11+/m1/s1. The van der Waals surface area contributed by atoms with Gasteiger partial charge in [-0.05, 0) is 5.56 Å². The van der Waals surface area contributed by atoms with Gasteiger partial charge in [0.25, 0.3) is 0 Å². The van der Waals surface area contributed by atoms with Gasteiger partial charge in [-0.25, -0.2) is 4.79 Å². The van der Waals surface area contributed by atoms with Gasteiger partial charge >= 0.3 is 5.97 Å². The van der Waals surface area contributed by atoms with Gasteiger partial charge < -0.3 is 9.47 Å². The largest absolute Gasteiger partial charge is 0.467 e. The molecule has 0 amide bonds. The molecule has 14 heavy (non-hydrogen) atoms. The van der Waals surface area contributed by atoms with Crippen LogP contribution in [-0.4, -0.2) is 19.2 Å². The van der Waals surface area contributed by atoms with E-state index in [1.54, 1.807) is 0 Å². The monoisotopic (exact) mass is 190 g/mol. The number of benzene rings is 1. The SMILES string of the molecule is COC(=O)[C@@]12O[C@@H]1Cc1ccccc12. The van der Waals surface area contributed by atoms with Gasteiger partial charge in [0.1, 0.15) is 6.10 Å². The van der Waals surface area contributed by atoms with Crippen LogP contribution in [0, 0.1) is 0 Å². The number of esters is 1. The molecule has 72 valence electrons. The first-order valence-corrected chi connectivity index (χ1v) is 4.63. The molecule has 1 fully saturated rings. The number of methoxy groups -OCH3 is 1. The Bertz CT molecular complexity index is 413. The van der Waals surface area contributed by atoms with E-state index >= 15 is 0 Å². The molecule has 0 spiro atoms. The molecule has 1 saturated heterocycles. The normalized spacial score (nSPS) is 31.9. The van der Waals surface area contributed by atoms with E-state index in [-0.39, 0.29) is 12.1 Å². The summed E-state index contributed by atoms with van der Waals surface area (Å²) in [6.07, 6.45) is 0.831. The first kappa shape index (κ1) is 8.00. The Morgan fingerprint density at radius 1 is 1.57 bits per heavy atom. The molecule has 0 saturated carbocycles. The first-order chi connectivity index (χ1) is 6.79. The molecule has 2 atom stereocenters. The van der Waals surface area contributed by atoms with Crippen LogP contribution in [0.1, 0.15) is 11.1 Å². The maximum atomic E-state index is 11.6. The zero-order chi connectivity index (χ0) is 9.76. The lowest BCUT2D eigenvalue weighted by Crippen LogP contribution is -2.23. The summed E-state index contributed by atoms with van der Waals surface area (Å²) >= 11 is 0. The summed E-state index contributed by atoms with van der Waals surface area (Å²) in [5.74, 6) is -0.271. The van der Waals surface area contributed by atoms with Gasteiger partial charge in [0, 0.05) is 12.0 Å². The van der Waals surface area contributed by atoms with Gasteiger partial charge in [-0.3, -0.25) is 0 Å². The van der Waals surface area contributed by atoms with Crippen molar-refractivity contribution in [3.63, 3.8) is 0 Å². The lowest BCUT2D eigenvalue weighted by Gasteiger charge is -2.09. The van der Waals surface area contributed by atoms with Gasteiger partial charge in [0.15, 0.2) is 0 Å². The number of hydrogen-bond acceptors (Lipinski definition) is 3. The highest BCUT2D eigenvalue weighted by molar-refractivity contribution is 5.87. The zero-order valence-electron chi connectivity index (χ0n) is 7.82. The van der Waals surface area contributed by atoms with Crippen molar-refractivity contribution < 1.29 is 14.3 Å². The highest BCUT2D eigenvalue weighted by Gasteiger charge is 2.69. The minimum atomic E-state index is -0.759. The molecule has 3 nitrogen and oxygen atoms in total. The zero-order valence-corrected chi connectivity index (χ0v) is 7.82. The van der Waals surface area contributed by atoms with Crippen LogP contribution in [0.15, 0.2) is 24.3 Å². The van der Waals surface area contributed by atoms with E-state index in [1.165, 1.54) is 12.7 Å². The molecule has 3 rings (SSSR count). The van der Waals surface area contributed by atoms with Crippen molar-refractivity contribution in [2.45, 2.75) is 18.1 Å². The third kappa shape index (κ3) is 0.738. The smallest absolute Gasteiger partial charge is 0.345 e. The topological polar surface area (TPSA) is 38.8 Å². The Labute approximate surface area is 81.6 Å². The third-order valence-electron chi connectivity index (χ3n) is 3.04. The predicted molar refractivity (Wildman–Crippen MR) is 48.7 cm³/mol. The van der Waals surface area contributed by atoms with Crippen LogP contribution in [-0.2, 0) is 26.3 Å². The Hall–Kier alpha value is -1.35. The van der Waals surface area contributed by atoms with Crippen molar-refractivity contribution in [1.29, 1.82) is 0 Å². The highest BCUT2D eigenvalue weighted by atomic mass is 16.7. The number of hydrogen-bond donors (Lipinski definition) is 0. The molecule has 0 bridgehead atoms. The first-order valence-electron chi connectivity index (χ1n) is 4.63. The van der Waals surface area contributed by atoms with Crippen LogP contribution in [0.4, 0.5) is 0 Å². The number of epoxide rings is 1. The fourth-order valence-corrected chi connectivity index (χ4v) is 2.31. The second kappa shape index (κ2) is 2.36. The number of carbonyl (C=O) groups excluding carboxylic acids is 1. The molecule has 2 aliphatic rings. The van der Waals surface area contributed by atoms with Gasteiger partial charge in [0.05, 0.1) is 7.11 Å². The van der Waals surface area contributed by atoms with E-state index in [1.807, 2.05) is 24.3 Å². The van der Waals surface area contributed by atoms with Crippen LogP contribution in [0.3, 0.4) is 0 Å². The quantitative estimate of drug-likeness (QED) is 0.490. The molecule has 1 aromatic carbocycles. The van der Waals surface area contributed by atoms with E-state index in [9.17, 15) is 4.79 Å². The van der Waals surface area contributed by atoms with Crippen molar-refractivity contribution in [2.75, 3.05) is 7.11 Å². The number of carbonyl (C=O) groups is 1. The van der Waals surface area contributed by atoms with Gasteiger partial charge in [-0.15, -0.1) is 0 Å². The molecule has 0 N–H and O–H groups in total. The molecule has 1 aromatic rings. The fraction of sp³-hybridized carbons (Fsp3) is 0.364. The van der Waals surface area contributed by atoms with Crippen LogP contribution < -0.4 is 0 Å². The molecule has 1 aliphatic heterocycles. The van der Waals surface area contributed by atoms with E-state index in [0.29, 0.717) is 0 Å². The molecular weight excluding hydrogens is 180 g/mol. The fourth-order valence-electron chi connectivity index (χ4n) is 2.31. The second-order valence-electron chi connectivity index (χ2n) is 3.69. The predicted octanol–water partition coefficient (Wildman–Crippen LogP) is 1.01. The second-order valence-corrected chi connectivity index (χ2v) is 3.69. The summed E-state index contributed by atoms with van der Waals surface area (Å²) in [5, 5.41) is 0.